The van der Waals surface area contributed by atoms with E-state index in [4.69, 9.17) is 13.8 Å². The van der Waals surface area contributed by atoms with Crippen molar-refractivity contribution >= 4 is 19.7 Å². The monoisotopic (exact) mass is 1140 g/mol. The van der Waals surface area contributed by atoms with Crippen molar-refractivity contribution in [3.8, 4) is 0 Å². The van der Waals surface area contributed by atoms with E-state index in [1.165, 1.54) is 89.9 Å². The average Bonchev–Trinajstić information content (AvgIpc) is 3.43. The fourth-order valence-corrected chi connectivity index (χ4v) is 9.37. The molecule has 10 heteroatoms. The smallest absolute Gasteiger partial charge is 0.306 e. The quantitative estimate of drug-likeness (QED) is 0.0212. The maximum atomic E-state index is 13.6. The Labute approximate surface area is 498 Å². The Balaban J connectivity index is 5.15. The Bertz CT molecular complexity index is 1850. The van der Waals surface area contributed by atoms with Gasteiger partial charge in [-0.25, -0.2) is 0 Å². The lowest BCUT2D eigenvalue weighted by molar-refractivity contribution is -0.870. The summed E-state index contributed by atoms with van der Waals surface area (Å²) in [6.07, 6.45) is 84.4. The number of nitrogens with one attached hydrogen (secondary N) is 1. The summed E-state index contributed by atoms with van der Waals surface area (Å²) in [7, 11) is 1.13. The zero-order chi connectivity index (χ0) is 59.3. The summed E-state index contributed by atoms with van der Waals surface area (Å²) < 4.78 is 30.3. The number of carbonyl (C=O) groups is 2. The number of quaternary nitrogens is 1. The van der Waals surface area contributed by atoms with Crippen molar-refractivity contribution in [2.45, 2.75) is 264 Å². The number of carbonyl (C=O) groups excluding carboxylic acids is 2. The van der Waals surface area contributed by atoms with Gasteiger partial charge < -0.3 is 28.5 Å². The number of unbranched alkanes of at least 4 members (excludes halogenated alkanes) is 21. The molecule has 462 valence electrons. The molecule has 0 fully saturated rings. The minimum Gasteiger partial charge on any atom is -0.756 e. The van der Waals surface area contributed by atoms with Gasteiger partial charge in [0.25, 0.3) is 7.82 Å². The second kappa shape index (κ2) is 59.3. The molecule has 1 N–H and O–H groups in total. The van der Waals surface area contributed by atoms with Crippen LogP contribution in [-0.2, 0) is 27.9 Å². The lowest BCUT2D eigenvalue weighted by atomic mass is 10.0. The van der Waals surface area contributed by atoms with Crippen molar-refractivity contribution in [2.24, 2.45) is 0 Å². The van der Waals surface area contributed by atoms with Gasteiger partial charge in [0, 0.05) is 12.8 Å². The van der Waals surface area contributed by atoms with Gasteiger partial charge in [0.1, 0.15) is 19.3 Å². The second-order valence-electron chi connectivity index (χ2n) is 22.5. The first-order valence-corrected chi connectivity index (χ1v) is 34.0. The summed E-state index contributed by atoms with van der Waals surface area (Å²) in [5, 5.41) is 3.01. The molecule has 0 spiro atoms. The molecule has 0 aliphatic heterocycles. The van der Waals surface area contributed by atoms with Crippen LogP contribution in [0.15, 0.2) is 134 Å². The molecule has 1 amide bonds. The Morgan fingerprint density at radius 1 is 0.444 bits per heavy atom. The van der Waals surface area contributed by atoms with Crippen molar-refractivity contribution in [3.05, 3.63) is 134 Å². The zero-order valence-electron chi connectivity index (χ0n) is 52.7. The van der Waals surface area contributed by atoms with Crippen molar-refractivity contribution < 1.29 is 37.3 Å². The van der Waals surface area contributed by atoms with Crippen LogP contribution < -0.4 is 10.2 Å². The van der Waals surface area contributed by atoms with Crippen molar-refractivity contribution in [1.29, 1.82) is 0 Å². The molecule has 3 atom stereocenters. The van der Waals surface area contributed by atoms with Crippen LogP contribution in [0.25, 0.3) is 0 Å². The summed E-state index contributed by atoms with van der Waals surface area (Å²) >= 11 is 0. The molecule has 0 aromatic carbocycles. The predicted molar refractivity (Wildman–Crippen MR) is 348 cm³/mol. The lowest BCUT2D eigenvalue weighted by Crippen LogP contribution is -2.47. The Hall–Kier alpha value is -3.85. The van der Waals surface area contributed by atoms with Crippen molar-refractivity contribution in [1.82, 2.24) is 5.32 Å². The van der Waals surface area contributed by atoms with Gasteiger partial charge >= 0.3 is 5.97 Å². The zero-order valence-corrected chi connectivity index (χ0v) is 53.6. The fourth-order valence-electron chi connectivity index (χ4n) is 8.64. The van der Waals surface area contributed by atoms with Gasteiger partial charge in [0.05, 0.1) is 33.8 Å². The standard InChI is InChI=1S/C71H121N2O7P/c1-7-10-13-16-19-22-25-27-29-31-32-33-34-35-36-37-38-39-40-42-43-45-48-51-54-57-60-63-70(74)72-68(67-79-81(76,77)78-66-65-73(4,5)6)69(62-59-56-53-50-47-24-21-18-15-12-9-3)80-71(75)64-61-58-55-52-49-46-44-41-30-28-26-23-20-17-14-11-8-2/h10-11,13-14,19-20,22-23,27-30,32-33,35-36,44,46,52,55,59,62,68-69H,7-9,12,15-18,21,24-26,31,34,37-43,45,47-51,53-54,56-58,60-61,63-67H2,1-6H3,(H-,72,74,76,77)/b13-10-,14-11-,22-19-,23-20-,29-27-,30-28-,33-32-,36-35-,46-44-,55-52-,62-59-. The van der Waals surface area contributed by atoms with E-state index in [0.717, 1.165) is 122 Å². The van der Waals surface area contributed by atoms with Gasteiger partial charge in [-0.15, -0.1) is 0 Å². The molecule has 0 radical (unpaired) electrons. The summed E-state index contributed by atoms with van der Waals surface area (Å²) in [5.41, 5.74) is 0. The van der Waals surface area contributed by atoms with E-state index in [1.807, 2.05) is 33.3 Å². The summed E-state index contributed by atoms with van der Waals surface area (Å²) in [6.45, 7) is 6.56. The number of ether oxygens (including phenoxy) is 1. The number of hydrogen-bond acceptors (Lipinski definition) is 7. The third-order valence-electron chi connectivity index (χ3n) is 13.6. The summed E-state index contributed by atoms with van der Waals surface area (Å²) in [6, 6.07) is -0.922. The van der Waals surface area contributed by atoms with Gasteiger partial charge in [-0.3, -0.25) is 14.2 Å². The van der Waals surface area contributed by atoms with E-state index in [9.17, 15) is 19.0 Å². The summed E-state index contributed by atoms with van der Waals surface area (Å²) in [5.74, 6) is -0.621. The van der Waals surface area contributed by atoms with E-state index in [-0.39, 0.29) is 18.9 Å². The molecule has 0 aliphatic rings. The van der Waals surface area contributed by atoms with E-state index < -0.39 is 32.5 Å². The van der Waals surface area contributed by atoms with Crippen LogP contribution in [0.5, 0.6) is 0 Å². The van der Waals surface area contributed by atoms with Crippen molar-refractivity contribution in [3.63, 3.8) is 0 Å². The molecule has 3 unspecified atom stereocenters. The molecule has 0 rings (SSSR count). The van der Waals surface area contributed by atoms with Crippen molar-refractivity contribution in [2.75, 3.05) is 40.9 Å². The van der Waals surface area contributed by atoms with Gasteiger partial charge in [-0.2, -0.15) is 0 Å². The first-order chi connectivity index (χ1) is 39.4. The summed E-state index contributed by atoms with van der Waals surface area (Å²) in [4.78, 5) is 40.0. The van der Waals surface area contributed by atoms with Crippen LogP contribution in [0.3, 0.4) is 0 Å². The van der Waals surface area contributed by atoms with Crippen LogP contribution in [0, 0.1) is 0 Å². The predicted octanol–water partition coefficient (Wildman–Crippen LogP) is 19.8. The van der Waals surface area contributed by atoms with E-state index >= 15 is 0 Å². The average molecular weight is 1150 g/mol. The number of rotatable bonds is 57. The number of amides is 1. The van der Waals surface area contributed by atoms with Crippen LogP contribution in [-0.4, -0.2) is 69.4 Å². The van der Waals surface area contributed by atoms with Gasteiger partial charge in [0.15, 0.2) is 0 Å². The highest BCUT2D eigenvalue weighted by molar-refractivity contribution is 7.45. The third-order valence-corrected chi connectivity index (χ3v) is 14.5. The lowest BCUT2D eigenvalue weighted by Gasteiger charge is -2.30. The van der Waals surface area contributed by atoms with E-state index in [1.54, 1.807) is 0 Å². The largest absolute Gasteiger partial charge is 0.756 e. The van der Waals surface area contributed by atoms with Gasteiger partial charge in [-0.1, -0.05) is 258 Å². The Morgan fingerprint density at radius 2 is 0.802 bits per heavy atom. The molecule has 0 heterocycles. The molecule has 0 bridgehead atoms. The number of phosphoric ester groups is 1. The van der Waals surface area contributed by atoms with Crippen LogP contribution in [0.4, 0.5) is 0 Å². The molecule has 0 saturated carbocycles. The molecule has 0 aromatic heterocycles. The molecule has 81 heavy (non-hydrogen) atoms. The highest BCUT2D eigenvalue weighted by atomic mass is 31.2. The minimum atomic E-state index is -4.72. The highest BCUT2D eigenvalue weighted by Gasteiger charge is 2.27. The molecular weight excluding hydrogens is 1020 g/mol. The fraction of sp³-hybridized carbons (Fsp3) is 0.662. The van der Waals surface area contributed by atoms with Crippen LogP contribution in [0.2, 0.25) is 0 Å². The third kappa shape index (κ3) is 60.6. The normalized spacial score (nSPS) is 14.5. The number of phosphoric acid groups is 1. The molecular formula is C71H121N2O7P. The van der Waals surface area contributed by atoms with Gasteiger partial charge in [-0.05, 0) is 115 Å². The first kappa shape index (κ1) is 77.2. The number of allylic oxidation sites excluding steroid dienone is 21. The molecule has 9 nitrogen and oxygen atoms in total. The highest BCUT2D eigenvalue weighted by Crippen LogP contribution is 2.38. The van der Waals surface area contributed by atoms with Crippen LogP contribution in [0.1, 0.15) is 252 Å². The first-order valence-electron chi connectivity index (χ1n) is 32.5. The topological polar surface area (TPSA) is 114 Å². The molecule has 0 aliphatic carbocycles. The number of likely N-dealkylation sites (N-methyl/N-ethyl adjacent to an activating group) is 1. The molecule has 0 saturated heterocycles. The maximum absolute atomic E-state index is 13.6. The maximum Gasteiger partial charge on any atom is 0.306 e. The Morgan fingerprint density at radius 3 is 1.21 bits per heavy atom. The number of nitrogens with zero attached hydrogens (tertiary/aromatic N) is 1. The minimum absolute atomic E-state index is 0.0385. The van der Waals surface area contributed by atoms with Crippen LogP contribution >= 0.6 is 7.82 Å². The molecule has 0 aromatic rings. The van der Waals surface area contributed by atoms with Gasteiger partial charge in [0.2, 0.25) is 5.91 Å². The van der Waals surface area contributed by atoms with E-state index in [2.05, 4.69) is 148 Å². The Kier molecular flexibility index (Phi) is 56.5. The SMILES string of the molecule is CC/C=C\C/C=C\C/C=C\C/C=C\C/C=C\CCCCCCCCCCCCCC(=O)NC(COP(=O)([O-])OCC[N+](C)(C)C)C(/C=C\CCCCCCCCCCC)OC(=O)CCC/C=C\C/C=C\C/C=C\C/C=C\C/C=C\CC. The number of esters is 1. The van der Waals surface area contributed by atoms with E-state index in [0.29, 0.717) is 23.9 Å². The second-order valence-corrected chi connectivity index (χ2v) is 23.9. The number of hydrogen-bond donors (Lipinski definition) is 1.